The Morgan fingerprint density at radius 3 is 2.35 bits per heavy atom. The van der Waals surface area contributed by atoms with Crippen LogP contribution in [0.2, 0.25) is 0 Å². The fourth-order valence-corrected chi connectivity index (χ4v) is 1.93. The molecular weight excluding hydrogens is 284 g/mol. The van der Waals surface area contributed by atoms with Crippen molar-refractivity contribution in [1.82, 2.24) is 15.1 Å². The topological polar surface area (TPSA) is 29.9 Å². The van der Waals surface area contributed by atoms with Crippen molar-refractivity contribution in [3.63, 3.8) is 0 Å². The molecule has 0 aliphatic rings. The van der Waals surface area contributed by atoms with E-state index in [-0.39, 0.29) is 24.2 Å². The van der Waals surface area contributed by atoms with E-state index in [2.05, 4.69) is 10.4 Å². The van der Waals surface area contributed by atoms with E-state index >= 15 is 0 Å². The molecule has 0 saturated carbocycles. The molecule has 2 rings (SSSR count). The van der Waals surface area contributed by atoms with Crippen LogP contribution in [0, 0.1) is 18.7 Å². The van der Waals surface area contributed by atoms with Crippen molar-refractivity contribution in [1.29, 1.82) is 0 Å². The van der Waals surface area contributed by atoms with E-state index in [0.29, 0.717) is 30.9 Å². The molecule has 6 heteroatoms. The Balaban J connectivity index is 0.00000200. The van der Waals surface area contributed by atoms with Gasteiger partial charge in [0.25, 0.3) is 0 Å². The van der Waals surface area contributed by atoms with E-state index in [0.717, 1.165) is 5.56 Å². The molecule has 0 saturated heterocycles. The summed E-state index contributed by atoms with van der Waals surface area (Å²) in [6.45, 7) is 5.14. The first-order chi connectivity index (χ1) is 9.11. The fourth-order valence-electron chi connectivity index (χ4n) is 1.93. The van der Waals surface area contributed by atoms with Crippen molar-refractivity contribution in [3.05, 3.63) is 52.9 Å². The van der Waals surface area contributed by atoms with E-state index in [1.165, 1.54) is 16.8 Å². The van der Waals surface area contributed by atoms with Gasteiger partial charge in [-0.15, -0.1) is 12.4 Å². The number of rotatable bonds is 5. The Bertz CT molecular complexity index is 552. The Labute approximate surface area is 123 Å². The number of aryl methyl sites for hydroxylation is 2. The Morgan fingerprint density at radius 2 is 1.80 bits per heavy atom. The van der Waals surface area contributed by atoms with Crippen LogP contribution in [-0.2, 0) is 19.6 Å². The van der Waals surface area contributed by atoms with Crippen LogP contribution in [0.4, 0.5) is 8.78 Å². The normalized spacial score (nSPS) is 10.4. The van der Waals surface area contributed by atoms with Gasteiger partial charge in [0.2, 0.25) is 5.95 Å². The zero-order valence-corrected chi connectivity index (χ0v) is 12.3. The van der Waals surface area contributed by atoms with Crippen molar-refractivity contribution < 1.29 is 8.78 Å². The molecule has 110 valence electrons. The minimum absolute atomic E-state index is 0. The highest BCUT2D eigenvalue weighted by atomic mass is 35.5. The second kappa shape index (κ2) is 7.36. The zero-order valence-electron chi connectivity index (χ0n) is 11.5. The van der Waals surface area contributed by atoms with Gasteiger partial charge in [-0.25, -0.2) is 9.07 Å². The van der Waals surface area contributed by atoms with E-state index < -0.39 is 0 Å². The lowest BCUT2D eigenvalue weighted by molar-refractivity contribution is 0.460. The number of benzene rings is 1. The van der Waals surface area contributed by atoms with Crippen LogP contribution in [0.3, 0.4) is 0 Å². The van der Waals surface area contributed by atoms with Crippen molar-refractivity contribution in [2.75, 3.05) is 0 Å². The summed E-state index contributed by atoms with van der Waals surface area (Å²) in [5.41, 5.74) is 2.25. The van der Waals surface area contributed by atoms with Crippen LogP contribution in [-0.4, -0.2) is 9.78 Å². The van der Waals surface area contributed by atoms with Crippen molar-refractivity contribution in [2.45, 2.75) is 33.5 Å². The Morgan fingerprint density at radius 1 is 1.15 bits per heavy atom. The average Bonchev–Trinajstić information content (AvgIpc) is 2.68. The second-order valence-corrected chi connectivity index (χ2v) is 4.40. The SMILES string of the molecule is CCn1nc(C)c(CNCc2ccc(F)cc2)c1F.Cl. The van der Waals surface area contributed by atoms with Crippen LogP contribution in [0.5, 0.6) is 0 Å². The van der Waals surface area contributed by atoms with Gasteiger partial charge >= 0.3 is 0 Å². The number of hydrogen-bond acceptors (Lipinski definition) is 2. The fraction of sp³-hybridized carbons (Fsp3) is 0.357. The van der Waals surface area contributed by atoms with Crippen molar-refractivity contribution >= 4 is 12.4 Å². The van der Waals surface area contributed by atoms with Crippen LogP contribution < -0.4 is 5.32 Å². The van der Waals surface area contributed by atoms with Gasteiger partial charge in [0.05, 0.1) is 5.69 Å². The monoisotopic (exact) mass is 301 g/mol. The summed E-state index contributed by atoms with van der Waals surface area (Å²) in [6, 6.07) is 6.25. The van der Waals surface area contributed by atoms with Crippen LogP contribution in [0.25, 0.3) is 0 Å². The molecule has 0 aliphatic heterocycles. The standard InChI is InChI=1S/C14H17F2N3.ClH/c1-3-19-14(16)13(10(2)18-19)9-17-8-11-4-6-12(15)7-5-11;/h4-7,17H,3,8-9H2,1-2H3;1H. The molecule has 0 amide bonds. The van der Waals surface area contributed by atoms with E-state index in [1.54, 1.807) is 19.1 Å². The highest BCUT2D eigenvalue weighted by Crippen LogP contribution is 2.12. The van der Waals surface area contributed by atoms with Gasteiger partial charge in [0.15, 0.2) is 0 Å². The molecule has 1 aromatic carbocycles. The molecule has 0 bridgehead atoms. The second-order valence-electron chi connectivity index (χ2n) is 4.40. The lowest BCUT2D eigenvalue weighted by Gasteiger charge is -2.04. The third-order valence-electron chi connectivity index (χ3n) is 3.03. The molecule has 0 unspecified atom stereocenters. The van der Waals surface area contributed by atoms with Gasteiger partial charge in [0.1, 0.15) is 5.82 Å². The molecule has 1 heterocycles. The highest BCUT2D eigenvalue weighted by molar-refractivity contribution is 5.85. The predicted molar refractivity (Wildman–Crippen MR) is 76.8 cm³/mol. The summed E-state index contributed by atoms with van der Waals surface area (Å²) < 4.78 is 28.0. The third-order valence-corrected chi connectivity index (χ3v) is 3.03. The summed E-state index contributed by atoms with van der Waals surface area (Å²) in [6.07, 6.45) is 0. The lowest BCUT2D eigenvalue weighted by atomic mass is 10.2. The Kier molecular flexibility index (Phi) is 6.10. The number of nitrogens with zero attached hydrogens (tertiary/aromatic N) is 2. The summed E-state index contributed by atoms with van der Waals surface area (Å²) in [5, 5.41) is 7.26. The molecule has 0 spiro atoms. The quantitative estimate of drug-likeness (QED) is 0.919. The van der Waals surface area contributed by atoms with E-state index in [1.807, 2.05) is 6.92 Å². The molecule has 0 radical (unpaired) electrons. The van der Waals surface area contributed by atoms with E-state index in [9.17, 15) is 8.78 Å². The maximum absolute atomic E-state index is 13.9. The Hall–Kier alpha value is -1.46. The number of nitrogens with one attached hydrogen (secondary N) is 1. The highest BCUT2D eigenvalue weighted by Gasteiger charge is 2.13. The summed E-state index contributed by atoms with van der Waals surface area (Å²) >= 11 is 0. The molecular formula is C14H18ClF2N3. The first-order valence-corrected chi connectivity index (χ1v) is 6.28. The third kappa shape index (κ3) is 3.77. The number of hydrogen-bond donors (Lipinski definition) is 1. The summed E-state index contributed by atoms with van der Waals surface area (Å²) in [4.78, 5) is 0. The smallest absolute Gasteiger partial charge is 0.216 e. The maximum atomic E-state index is 13.9. The van der Waals surface area contributed by atoms with Gasteiger partial charge in [-0.05, 0) is 31.5 Å². The molecule has 1 aromatic heterocycles. The van der Waals surface area contributed by atoms with Crippen molar-refractivity contribution in [3.8, 4) is 0 Å². The van der Waals surface area contributed by atoms with Gasteiger partial charge in [-0.1, -0.05) is 12.1 Å². The largest absolute Gasteiger partial charge is 0.308 e. The first kappa shape index (κ1) is 16.6. The molecule has 2 aromatic rings. The van der Waals surface area contributed by atoms with Gasteiger partial charge in [-0.3, -0.25) is 0 Å². The number of halogens is 3. The van der Waals surface area contributed by atoms with Crippen LogP contribution >= 0.6 is 12.4 Å². The summed E-state index contributed by atoms with van der Waals surface area (Å²) in [5.74, 6) is -0.540. The zero-order chi connectivity index (χ0) is 13.8. The molecule has 20 heavy (non-hydrogen) atoms. The minimum atomic E-state index is -0.286. The van der Waals surface area contributed by atoms with Gasteiger partial charge in [0, 0.05) is 25.2 Å². The lowest BCUT2D eigenvalue weighted by Crippen LogP contribution is -2.14. The predicted octanol–water partition coefficient (Wildman–Crippen LogP) is 3.20. The molecule has 0 atom stereocenters. The van der Waals surface area contributed by atoms with Gasteiger partial charge < -0.3 is 5.32 Å². The molecule has 0 fully saturated rings. The van der Waals surface area contributed by atoms with Crippen LogP contribution in [0.1, 0.15) is 23.7 Å². The van der Waals surface area contributed by atoms with Crippen molar-refractivity contribution in [2.24, 2.45) is 0 Å². The number of aromatic nitrogens is 2. The molecule has 1 N–H and O–H groups in total. The molecule has 0 aliphatic carbocycles. The van der Waals surface area contributed by atoms with E-state index in [4.69, 9.17) is 0 Å². The van der Waals surface area contributed by atoms with Crippen LogP contribution in [0.15, 0.2) is 24.3 Å². The summed E-state index contributed by atoms with van der Waals surface area (Å²) in [7, 11) is 0. The minimum Gasteiger partial charge on any atom is -0.308 e. The molecule has 3 nitrogen and oxygen atoms in total. The maximum Gasteiger partial charge on any atom is 0.216 e. The first-order valence-electron chi connectivity index (χ1n) is 6.28. The average molecular weight is 302 g/mol. The van der Waals surface area contributed by atoms with Gasteiger partial charge in [-0.2, -0.15) is 9.49 Å².